The lowest BCUT2D eigenvalue weighted by molar-refractivity contribution is -0.152. The van der Waals surface area contributed by atoms with Gasteiger partial charge in [-0.05, 0) is 43.2 Å². The monoisotopic (exact) mass is 324 g/mol. The number of aliphatic hydroxyl groups excluding tert-OH is 2. The lowest BCUT2D eigenvalue weighted by Gasteiger charge is -2.09. The number of halogens is 1. The lowest BCUT2D eigenvalue weighted by atomic mass is 10.1. The van der Waals surface area contributed by atoms with E-state index >= 15 is 0 Å². The first-order valence-corrected chi connectivity index (χ1v) is 7.27. The maximum atomic E-state index is 13.2. The molecule has 0 aliphatic rings. The predicted molar refractivity (Wildman–Crippen MR) is 82.2 cm³/mol. The van der Waals surface area contributed by atoms with E-state index in [1.165, 1.54) is 12.1 Å². The molecule has 23 heavy (non-hydrogen) atoms. The van der Waals surface area contributed by atoms with Crippen LogP contribution in [0, 0.1) is 5.82 Å². The third-order valence-electron chi connectivity index (χ3n) is 3.10. The summed E-state index contributed by atoms with van der Waals surface area (Å²) < 4.78 is 17.9. The van der Waals surface area contributed by atoms with E-state index in [4.69, 9.17) is 5.11 Å². The SMILES string of the molecule is CCOC(=O)[C@H](O)CC(C)=C=CC[C@@H](O)c1ccc(O)c(F)c1. The molecule has 1 aromatic carbocycles. The Bertz CT molecular complexity index is 605. The maximum absolute atomic E-state index is 13.2. The van der Waals surface area contributed by atoms with Crippen LogP contribution in [-0.4, -0.2) is 34.0 Å². The molecule has 0 aliphatic heterocycles. The van der Waals surface area contributed by atoms with Crippen LogP contribution >= 0.6 is 0 Å². The Morgan fingerprint density at radius 3 is 2.74 bits per heavy atom. The van der Waals surface area contributed by atoms with E-state index < -0.39 is 29.7 Å². The van der Waals surface area contributed by atoms with E-state index in [2.05, 4.69) is 10.5 Å². The minimum Gasteiger partial charge on any atom is -0.505 e. The molecule has 0 saturated heterocycles. The van der Waals surface area contributed by atoms with E-state index in [0.717, 1.165) is 6.07 Å². The van der Waals surface area contributed by atoms with Gasteiger partial charge in [0.1, 0.15) is 0 Å². The van der Waals surface area contributed by atoms with Gasteiger partial charge < -0.3 is 20.1 Å². The van der Waals surface area contributed by atoms with Crippen molar-refractivity contribution in [2.24, 2.45) is 0 Å². The Balaban J connectivity index is 2.61. The standard InChI is InChI=1S/C17H21FO5/c1-3-23-17(22)16(21)9-11(2)5-4-6-14(19)12-7-8-15(20)13(18)10-12/h4,7-8,10,14,16,19-21H,3,6,9H2,1-2H3/t5?,14-,16-/m1/s1. The third-order valence-corrected chi connectivity index (χ3v) is 3.10. The van der Waals surface area contributed by atoms with E-state index in [0.29, 0.717) is 11.1 Å². The number of phenolic OH excluding ortho intramolecular Hbond substituents is 1. The van der Waals surface area contributed by atoms with Gasteiger partial charge in [0.15, 0.2) is 17.7 Å². The average Bonchev–Trinajstić information content (AvgIpc) is 2.50. The highest BCUT2D eigenvalue weighted by Gasteiger charge is 2.16. The predicted octanol–water partition coefficient (Wildman–Crippen LogP) is 2.37. The fraction of sp³-hybridized carbons (Fsp3) is 0.412. The number of esters is 1. The quantitative estimate of drug-likeness (QED) is 0.529. The average molecular weight is 324 g/mol. The molecule has 1 aromatic rings. The molecule has 6 heteroatoms. The summed E-state index contributed by atoms with van der Waals surface area (Å²) in [6.07, 6.45) is -0.383. The van der Waals surface area contributed by atoms with Crippen LogP contribution in [0.5, 0.6) is 5.75 Å². The lowest BCUT2D eigenvalue weighted by Crippen LogP contribution is -2.23. The van der Waals surface area contributed by atoms with Crippen LogP contribution < -0.4 is 0 Å². The number of carbonyl (C=O) groups is 1. The summed E-state index contributed by atoms with van der Waals surface area (Å²) in [6.45, 7) is 3.54. The van der Waals surface area contributed by atoms with Crippen LogP contribution in [0.3, 0.4) is 0 Å². The normalized spacial score (nSPS) is 12.9. The van der Waals surface area contributed by atoms with Crippen molar-refractivity contribution < 1.29 is 29.2 Å². The summed E-state index contributed by atoms with van der Waals surface area (Å²) in [5.41, 5.74) is 3.81. The molecule has 0 unspecified atom stereocenters. The third kappa shape index (κ3) is 6.24. The molecule has 1 rings (SSSR count). The van der Waals surface area contributed by atoms with Gasteiger partial charge in [-0.3, -0.25) is 0 Å². The molecule has 0 aliphatic carbocycles. The highest BCUT2D eigenvalue weighted by molar-refractivity contribution is 5.74. The van der Waals surface area contributed by atoms with E-state index in [1.54, 1.807) is 19.9 Å². The van der Waals surface area contributed by atoms with Crippen molar-refractivity contribution >= 4 is 5.97 Å². The second kappa shape index (κ2) is 9.10. The first kappa shape index (κ1) is 18.9. The van der Waals surface area contributed by atoms with Crippen LogP contribution in [0.2, 0.25) is 0 Å². The number of phenols is 1. The van der Waals surface area contributed by atoms with Crippen LogP contribution in [0.1, 0.15) is 38.4 Å². The van der Waals surface area contributed by atoms with E-state index in [1.807, 2.05) is 0 Å². The summed E-state index contributed by atoms with van der Waals surface area (Å²) in [4.78, 5) is 11.3. The minimum atomic E-state index is -1.24. The second-order valence-electron chi connectivity index (χ2n) is 5.06. The fourth-order valence-corrected chi connectivity index (χ4v) is 1.88. The molecule has 0 spiro atoms. The molecule has 0 fully saturated rings. The molecule has 0 aromatic heterocycles. The van der Waals surface area contributed by atoms with Gasteiger partial charge in [-0.25, -0.2) is 9.18 Å². The van der Waals surface area contributed by atoms with Crippen LogP contribution in [0.25, 0.3) is 0 Å². The summed E-state index contributed by atoms with van der Waals surface area (Å²) in [7, 11) is 0. The molecule has 0 bridgehead atoms. The number of aliphatic hydroxyl groups is 2. The van der Waals surface area contributed by atoms with Gasteiger partial charge in [0, 0.05) is 12.8 Å². The first-order chi connectivity index (χ1) is 10.8. The molecule has 126 valence electrons. The summed E-state index contributed by atoms with van der Waals surface area (Å²) in [5.74, 6) is -1.96. The van der Waals surface area contributed by atoms with Crippen molar-refractivity contribution in [1.82, 2.24) is 0 Å². The zero-order chi connectivity index (χ0) is 17.4. The zero-order valence-corrected chi connectivity index (χ0v) is 13.1. The van der Waals surface area contributed by atoms with Gasteiger partial charge in [0.05, 0.1) is 12.7 Å². The summed E-state index contributed by atoms with van der Waals surface area (Å²) in [5, 5.41) is 28.6. The molecule has 3 N–H and O–H groups in total. The molecular weight excluding hydrogens is 303 g/mol. The molecule has 2 atom stereocenters. The molecule has 5 nitrogen and oxygen atoms in total. The first-order valence-electron chi connectivity index (χ1n) is 7.27. The van der Waals surface area contributed by atoms with Crippen molar-refractivity contribution in [2.75, 3.05) is 6.61 Å². The Kier molecular flexibility index (Phi) is 7.48. The van der Waals surface area contributed by atoms with Crippen molar-refractivity contribution in [3.8, 4) is 5.75 Å². The number of hydrogen-bond acceptors (Lipinski definition) is 5. The van der Waals surface area contributed by atoms with Gasteiger partial charge in [-0.1, -0.05) is 6.07 Å². The fourth-order valence-electron chi connectivity index (χ4n) is 1.88. The second-order valence-corrected chi connectivity index (χ2v) is 5.06. The number of carbonyl (C=O) groups excluding carboxylic acids is 1. The maximum Gasteiger partial charge on any atom is 0.335 e. The number of hydrogen-bond donors (Lipinski definition) is 3. The van der Waals surface area contributed by atoms with Gasteiger partial charge >= 0.3 is 5.97 Å². The number of benzene rings is 1. The largest absolute Gasteiger partial charge is 0.505 e. The van der Waals surface area contributed by atoms with Crippen LogP contribution in [-0.2, 0) is 9.53 Å². The molecule has 0 amide bonds. The Morgan fingerprint density at radius 1 is 1.43 bits per heavy atom. The van der Waals surface area contributed by atoms with Crippen LogP contribution in [0.4, 0.5) is 4.39 Å². The zero-order valence-electron chi connectivity index (χ0n) is 13.1. The Labute approximate surface area is 134 Å². The molecular formula is C17H21FO5. The van der Waals surface area contributed by atoms with Gasteiger partial charge in [0.2, 0.25) is 0 Å². The minimum absolute atomic E-state index is 0.0826. The smallest absolute Gasteiger partial charge is 0.335 e. The number of rotatable bonds is 7. The van der Waals surface area contributed by atoms with Crippen molar-refractivity contribution in [3.05, 3.63) is 47.0 Å². The van der Waals surface area contributed by atoms with Crippen molar-refractivity contribution in [3.63, 3.8) is 0 Å². The highest BCUT2D eigenvalue weighted by atomic mass is 19.1. The van der Waals surface area contributed by atoms with Crippen molar-refractivity contribution in [2.45, 2.75) is 38.9 Å². The Hall–Kier alpha value is -2.14. The van der Waals surface area contributed by atoms with Gasteiger partial charge in [0.25, 0.3) is 0 Å². The molecule has 0 radical (unpaired) electrons. The summed E-state index contributed by atoms with van der Waals surface area (Å²) >= 11 is 0. The summed E-state index contributed by atoms with van der Waals surface area (Å²) in [6, 6.07) is 3.67. The van der Waals surface area contributed by atoms with Crippen molar-refractivity contribution in [1.29, 1.82) is 0 Å². The van der Waals surface area contributed by atoms with Gasteiger partial charge in [-0.15, -0.1) is 5.73 Å². The van der Waals surface area contributed by atoms with E-state index in [-0.39, 0.29) is 19.4 Å². The number of ether oxygens (including phenoxy) is 1. The highest BCUT2D eigenvalue weighted by Crippen LogP contribution is 2.23. The Morgan fingerprint density at radius 2 is 2.13 bits per heavy atom. The van der Waals surface area contributed by atoms with Gasteiger partial charge in [-0.2, -0.15) is 0 Å². The molecule has 0 heterocycles. The van der Waals surface area contributed by atoms with E-state index in [9.17, 15) is 19.4 Å². The molecule has 0 saturated carbocycles. The van der Waals surface area contributed by atoms with Crippen LogP contribution in [0.15, 0.2) is 35.6 Å². The number of aromatic hydroxyl groups is 1. The topological polar surface area (TPSA) is 87.0 Å².